The van der Waals surface area contributed by atoms with Gasteiger partial charge in [0.25, 0.3) is 0 Å². The minimum atomic E-state index is -0.867. The van der Waals surface area contributed by atoms with Crippen LogP contribution < -0.4 is 51.4 Å². The van der Waals surface area contributed by atoms with Crippen molar-refractivity contribution < 1.29 is 75.5 Å². The van der Waals surface area contributed by atoms with Gasteiger partial charge in [-0.15, -0.1) is 0 Å². The van der Waals surface area contributed by atoms with Crippen molar-refractivity contribution in [1.82, 2.24) is 0 Å². The van der Waals surface area contributed by atoms with E-state index < -0.39 is 11.9 Å². The number of fused-ring (bicyclic) bond motifs is 2. The number of hydrogen-bond donors (Lipinski definition) is 1. The van der Waals surface area contributed by atoms with Crippen molar-refractivity contribution in [2.24, 2.45) is 0 Å². The monoisotopic (exact) mass is 369 g/mol. The van der Waals surface area contributed by atoms with Crippen LogP contribution in [-0.4, -0.2) is 16.6 Å². The summed E-state index contributed by atoms with van der Waals surface area (Å²) >= 11 is 0. The van der Waals surface area contributed by atoms with Crippen LogP contribution >= 0.6 is 0 Å². The van der Waals surface area contributed by atoms with Crippen molar-refractivity contribution in [3.05, 3.63) is 70.3 Å². The third kappa shape index (κ3) is 4.53. The second kappa shape index (κ2) is 8.99. The molecule has 0 amide bonds. The molecule has 2 aromatic rings. The van der Waals surface area contributed by atoms with Gasteiger partial charge >= 0.3 is 57.4 Å². The molecule has 0 spiro atoms. The standard InChI is InChI=1S/C9H6FN.C9H7FO2.K.H2O/c10-8-2-1-6-3-7(5-11)9(6)4-8;10-6-2-1-5-3-8(9(11)12)7(5)4-6;;/h1-2,4,7H,3H2;1-2,4,8H,3H2,(H,11,12);;1H2/q;;+1;/p-1. The summed E-state index contributed by atoms with van der Waals surface area (Å²) in [6, 6.07) is 11.1. The summed E-state index contributed by atoms with van der Waals surface area (Å²) in [5, 5.41) is 17.2. The van der Waals surface area contributed by atoms with Gasteiger partial charge in [0, 0.05) is 0 Å². The Labute approximate surface area is 186 Å². The molecule has 2 N–H and O–H groups in total. The van der Waals surface area contributed by atoms with E-state index >= 15 is 0 Å². The number of benzene rings is 2. The van der Waals surface area contributed by atoms with Gasteiger partial charge in [-0.2, -0.15) is 5.26 Å². The molecule has 2 aliphatic carbocycles. The van der Waals surface area contributed by atoms with Crippen molar-refractivity contribution >= 4 is 5.97 Å². The van der Waals surface area contributed by atoms with Crippen molar-refractivity contribution in [3.63, 3.8) is 0 Å². The number of nitriles is 1. The van der Waals surface area contributed by atoms with Crippen molar-refractivity contribution in [2.75, 3.05) is 0 Å². The van der Waals surface area contributed by atoms with Gasteiger partial charge < -0.3 is 10.6 Å². The van der Waals surface area contributed by atoms with Crippen LogP contribution in [-0.2, 0) is 17.6 Å². The first-order valence-electron chi connectivity index (χ1n) is 7.18. The number of carbonyl (C=O) groups is 1. The molecule has 124 valence electrons. The third-order valence-electron chi connectivity index (χ3n) is 4.27. The molecule has 0 aliphatic heterocycles. The Morgan fingerprint density at radius 1 is 1.04 bits per heavy atom. The van der Waals surface area contributed by atoms with E-state index in [1.54, 1.807) is 12.1 Å². The molecular formula is C18H14F2KNO3. The predicted octanol–water partition coefficient (Wildman–Crippen LogP) is 0.366. The average Bonchev–Trinajstić information content (AvgIpc) is 2.47. The molecule has 4 rings (SSSR count). The van der Waals surface area contributed by atoms with Crippen LogP contribution in [0.5, 0.6) is 0 Å². The quantitative estimate of drug-likeness (QED) is 0.735. The number of hydrogen-bond acceptors (Lipinski definition) is 3. The van der Waals surface area contributed by atoms with E-state index in [2.05, 4.69) is 6.07 Å². The Hall–Kier alpha value is -1.14. The van der Waals surface area contributed by atoms with E-state index in [0.717, 1.165) is 23.1 Å². The van der Waals surface area contributed by atoms with E-state index in [-0.39, 0.29) is 74.4 Å². The second-order valence-electron chi connectivity index (χ2n) is 5.67. The van der Waals surface area contributed by atoms with E-state index in [4.69, 9.17) is 10.4 Å². The average molecular weight is 369 g/mol. The van der Waals surface area contributed by atoms with Crippen LogP contribution in [0.3, 0.4) is 0 Å². The minimum absolute atomic E-state index is 0. The maximum atomic E-state index is 12.6. The van der Waals surface area contributed by atoms with Gasteiger partial charge in [0.1, 0.15) is 11.6 Å². The number of halogens is 2. The first-order valence-corrected chi connectivity index (χ1v) is 7.18. The minimum Gasteiger partial charge on any atom is -0.870 e. The molecule has 0 radical (unpaired) electrons. The number of nitrogens with zero attached hydrogens (tertiary/aromatic N) is 1. The SMILES string of the molecule is N#CC1Cc2ccc(F)cc21.O=C(O)C1Cc2ccc(F)cc21.[K+].[OH-]. The summed E-state index contributed by atoms with van der Waals surface area (Å²) in [5.41, 5.74) is 3.55. The summed E-state index contributed by atoms with van der Waals surface area (Å²) in [6.45, 7) is 0. The van der Waals surface area contributed by atoms with Gasteiger partial charge in [0.2, 0.25) is 0 Å². The van der Waals surface area contributed by atoms with Crippen LogP contribution in [0.2, 0.25) is 0 Å². The topological polar surface area (TPSA) is 91.1 Å². The number of aliphatic carboxylic acids is 1. The molecule has 0 bridgehead atoms. The number of carboxylic acid groups (broad SMARTS) is 1. The molecule has 2 atom stereocenters. The normalized spacial score (nSPS) is 18.1. The number of rotatable bonds is 1. The molecule has 25 heavy (non-hydrogen) atoms. The first kappa shape index (κ1) is 21.9. The first-order chi connectivity index (χ1) is 11.0. The second-order valence-corrected chi connectivity index (χ2v) is 5.67. The van der Waals surface area contributed by atoms with Gasteiger partial charge in [-0.25, -0.2) is 8.78 Å². The van der Waals surface area contributed by atoms with E-state index in [0.29, 0.717) is 12.0 Å². The van der Waals surface area contributed by atoms with Crippen LogP contribution in [0.4, 0.5) is 8.78 Å². The van der Waals surface area contributed by atoms with Gasteiger partial charge in [-0.3, -0.25) is 4.79 Å². The number of carboxylic acids is 1. The maximum Gasteiger partial charge on any atom is 1.00 e. The summed E-state index contributed by atoms with van der Waals surface area (Å²) < 4.78 is 25.2. The molecule has 0 saturated carbocycles. The molecule has 0 aromatic heterocycles. The molecule has 4 nitrogen and oxygen atoms in total. The Balaban J connectivity index is 0.000000232. The predicted molar refractivity (Wildman–Crippen MR) is 80.9 cm³/mol. The molecule has 0 heterocycles. The Morgan fingerprint density at radius 2 is 1.56 bits per heavy atom. The van der Waals surface area contributed by atoms with E-state index in [1.165, 1.54) is 24.3 Å². The molecule has 0 fully saturated rings. The molecule has 2 unspecified atom stereocenters. The smallest absolute Gasteiger partial charge is 0.870 e. The molecule has 2 aromatic carbocycles. The zero-order valence-corrected chi connectivity index (χ0v) is 16.7. The molecule has 2 aliphatic rings. The molecular weight excluding hydrogens is 355 g/mol. The maximum absolute atomic E-state index is 12.6. The van der Waals surface area contributed by atoms with Crippen LogP contribution in [0.1, 0.15) is 34.1 Å². The Bertz CT molecular complexity index is 836. The summed E-state index contributed by atoms with van der Waals surface area (Å²) in [7, 11) is 0. The van der Waals surface area contributed by atoms with Crippen LogP contribution in [0.25, 0.3) is 0 Å². The summed E-state index contributed by atoms with van der Waals surface area (Å²) in [5.74, 6) is -2.03. The third-order valence-corrected chi connectivity index (χ3v) is 4.27. The fourth-order valence-corrected chi connectivity index (χ4v) is 2.89. The molecule has 0 saturated heterocycles. The summed E-state index contributed by atoms with van der Waals surface area (Å²) in [4.78, 5) is 10.5. The van der Waals surface area contributed by atoms with Gasteiger partial charge in [0.05, 0.1) is 17.9 Å². The van der Waals surface area contributed by atoms with E-state index in [1.807, 2.05) is 0 Å². The van der Waals surface area contributed by atoms with Crippen LogP contribution in [0.15, 0.2) is 36.4 Å². The summed E-state index contributed by atoms with van der Waals surface area (Å²) in [6.07, 6.45) is 1.32. The fraction of sp³-hybridized carbons (Fsp3) is 0.222. The molecule has 7 heteroatoms. The van der Waals surface area contributed by atoms with E-state index in [9.17, 15) is 13.6 Å². The van der Waals surface area contributed by atoms with Gasteiger partial charge in [0.15, 0.2) is 0 Å². The van der Waals surface area contributed by atoms with Crippen LogP contribution in [0, 0.1) is 23.0 Å². The fourth-order valence-electron chi connectivity index (χ4n) is 2.89. The van der Waals surface area contributed by atoms with Crippen molar-refractivity contribution in [2.45, 2.75) is 24.7 Å². The van der Waals surface area contributed by atoms with Gasteiger partial charge in [-0.1, -0.05) is 12.1 Å². The van der Waals surface area contributed by atoms with Gasteiger partial charge in [-0.05, 0) is 59.4 Å². The zero-order chi connectivity index (χ0) is 16.6. The Kier molecular flexibility index (Phi) is 7.87. The van der Waals surface area contributed by atoms with Crippen molar-refractivity contribution in [3.8, 4) is 6.07 Å². The largest absolute Gasteiger partial charge is 1.00 e. The zero-order valence-electron chi connectivity index (χ0n) is 13.5. The van der Waals surface area contributed by atoms with Crippen molar-refractivity contribution in [1.29, 1.82) is 5.26 Å². The Morgan fingerprint density at radius 3 is 2.08 bits per heavy atom.